The van der Waals surface area contributed by atoms with Crippen molar-refractivity contribution in [2.24, 2.45) is 5.11 Å². The number of anilines is 1. The average Bonchev–Trinajstić information content (AvgIpc) is 2.51. The normalized spacial score (nSPS) is 8.75. The van der Waals surface area contributed by atoms with Crippen molar-refractivity contribution in [1.29, 1.82) is 0 Å². The Kier molecular flexibility index (Phi) is 2.68. The molecule has 12 heavy (non-hydrogen) atoms. The Morgan fingerprint density at radius 3 is 3.17 bits per heavy atom. The number of azide groups is 1. The maximum absolute atomic E-state index is 11.0. The van der Waals surface area contributed by atoms with Gasteiger partial charge in [0.2, 0.25) is 0 Å². The maximum Gasteiger partial charge on any atom is 0.252 e. The number of hydrogen-bond acceptors (Lipinski definition) is 3. The summed E-state index contributed by atoms with van der Waals surface area (Å²) in [7, 11) is 1.71. The highest BCUT2D eigenvalue weighted by molar-refractivity contribution is 7.14. The van der Waals surface area contributed by atoms with Gasteiger partial charge in [0.1, 0.15) is 0 Å². The number of thiophene rings is 1. The van der Waals surface area contributed by atoms with Crippen molar-refractivity contribution in [2.75, 3.05) is 12.4 Å². The first-order valence-electron chi connectivity index (χ1n) is 3.14. The molecular weight excluding hydrogens is 176 g/mol. The first-order chi connectivity index (χ1) is 5.79. The zero-order chi connectivity index (χ0) is 8.97. The van der Waals surface area contributed by atoms with Crippen molar-refractivity contribution < 1.29 is 4.79 Å². The van der Waals surface area contributed by atoms with Crippen LogP contribution in [0, 0.1) is 0 Å². The van der Waals surface area contributed by atoms with Gasteiger partial charge >= 0.3 is 0 Å². The molecule has 0 unspecified atom stereocenters. The number of nitrogens with one attached hydrogen (secondary N) is 1. The second-order valence-corrected chi connectivity index (χ2v) is 2.82. The number of nitrogens with zero attached hydrogens (tertiary/aromatic N) is 3. The van der Waals surface area contributed by atoms with E-state index >= 15 is 0 Å². The van der Waals surface area contributed by atoms with Gasteiger partial charge in [-0.25, -0.2) is 0 Å². The molecule has 0 bridgehead atoms. The minimum absolute atomic E-state index is 0.417. The van der Waals surface area contributed by atoms with E-state index in [0.29, 0.717) is 10.6 Å². The van der Waals surface area contributed by atoms with Gasteiger partial charge in [-0.2, -0.15) is 0 Å². The zero-order valence-electron chi connectivity index (χ0n) is 6.31. The van der Waals surface area contributed by atoms with Crippen molar-refractivity contribution in [1.82, 2.24) is 0 Å². The fourth-order valence-electron chi connectivity index (χ4n) is 0.766. The predicted octanol–water partition coefficient (Wildman–Crippen LogP) is 2.24. The smallest absolute Gasteiger partial charge is 0.252 e. The van der Waals surface area contributed by atoms with Gasteiger partial charge < -0.3 is 5.32 Å². The molecule has 6 heteroatoms. The first kappa shape index (κ1) is 8.58. The lowest BCUT2D eigenvalue weighted by atomic mass is 10.3. The third-order valence-corrected chi connectivity index (χ3v) is 2.19. The van der Waals surface area contributed by atoms with Crippen LogP contribution in [0.5, 0.6) is 0 Å². The van der Waals surface area contributed by atoms with Crippen molar-refractivity contribution in [2.45, 2.75) is 0 Å². The Balaban J connectivity index is 3.01. The van der Waals surface area contributed by atoms with E-state index in [9.17, 15) is 4.79 Å². The standard InChI is InChI=1S/C6H6N4OS/c1-8-6-4(2-3-12-6)5(11)9-10-7/h2-3,8H,1H3. The van der Waals surface area contributed by atoms with Crippen LogP contribution >= 0.6 is 11.3 Å². The Morgan fingerprint density at radius 2 is 2.58 bits per heavy atom. The summed E-state index contributed by atoms with van der Waals surface area (Å²) < 4.78 is 0. The van der Waals surface area contributed by atoms with Gasteiger partial charge in [-0.3, -0.25) is 4.79 Å². The SMILES string of the molecule is CNc1sccc1C(=O)N=[N+]=[N-]. The van der Waals surface area contributed by atoms with Gasteiger partial charge in [0.25, 0.3) is 5.91 Å². The lowest BCUT2D eigenvalue weighted by molar-refractivity contribution is 0.100. The van der Waals surface area contributed by atoms with Crippen LogP contribution in [0.25, 0.3) is 10.4 Å². The molecule has 62 valence electrons. The van der Waals surface area contributed by atoms with Crippen molar-refractivity contribution in [3.63, 3.8) is 0 Å². The fraction of sp³-hybridized carbons (Fsp3) is 0.167. The predicted molar refractivity (Wildman–Crippen MR) is 47.3 cm³/mol. The maximum atomic E-state index is 11.0. The molecule has 0 saturated heterocycles. The molecule has 0 spiro atoms. The summed E-state index contributed by atoms with van der Waals surface area (Å²) in [4.78, 5) is 13.5. The highest BCUT2D eigenvalue weighted by Gasteiger charge is 2.08. The van der Waals surface area contributed by atoms with Gasteiger partial charge in [-0.05, 0) is 22.1 Å². The Bertz CT molecular complexity index is 339. The van der Waals surface area contributed by atoms with Crippen molar-refractivity contribution in [3.8, 4) is 0 Å². The molecule has 1 aromatic heterocycles. The molecule has 0 saturated carbocycles. The number of hydrogen-bond donors (Lipinski definition) is 1. The van der Waals surface area contributed by atoms with Gasteiger partial charge in [0, 0.05) is 12.0 Å². The highest BCUT2D eigenvalue weighted by Crippen LogP contribution is 2.22. The van der Waals surface area contributed by atoms with Crippen molar-refractivity contribution >= 4 is 22.2 Å². The molecule has 0 fully saturated rings. The quantitative estimate of drug-likeness (QED) is 0.432. The molecule has 0 atom stereocenters. The summed E-state index contributed by atoms with van der Waals surface area (Å²) in [6.45, 7) is 0. The molecule has 0 aliphatic rings. The molecule has 1 rings (SSSR count). The van der Waals surface area contributed by atoms with Crippen molar-refractivity contribution in [3.05, 3.63) is 27.5 Å². The molecule has 1 aromatic rings. The Hall–Kier alpha value is -1.52. The lowest BCUT2D eigenvalue weighted by Crippen LogP contribution is -1.95. The van der Waals surface area contributed by atoms with Gasteiger partial charge in [0.15, 0.2) is 0 Å². The van der Waals surface area contributed by atoms with E-state index < -0.39 is 5.91 Å². The third-order valence-electron chi connectivity index (χ3n) is 1.26. The number of amides is 1. The van der Waals surface area contributed by atoms with Crippen LogP contribution in [0.1, 0.15) is 10.4 Å². The number of rotatable bonds is 2. The second-order valence-electron chi connectivity index (χ2n) is 1.91. The summed E-state index contributed by atoms with van der Waals surface area (Å²) in [5, 5.41) is 8.28. The third kappa shape index (κ3) is 1.55. The van der Waals surface area contributed by atoms with E-state index in [-0.39, 0.29) is 0 Å². The van der Waals surface area contributed by atoms with Gasteiger partial charge in [-0.15, -0.1) is 11.3 Å². The van der Waals surface area contributed by atoms with Gasteiger partial charge in [0.05, 0.1) is 10.6 Å². The topological polar surface area (TPSA) is 77.9 Å². The van der Waals surface area contributed by atoms with Crippen LogP contribution in [0.15, 0.2) is 16.6 Å². The minimum Gasteiger partial charge on any atom is -0.379 e. The summed E-state index contributed by atoms with van der Waals surface area (Å²) in [5.74, 6) is -0.553. The van der Waals surface area contributed by atoms with E-state index in [1.165, 1.54) is 11.3 Å². The number of carbonyl (C=O) groups is 1. The molecule has 5 nitrogen and oxygen atoms in total. The van der Waals surface area contributed by atoms with Crippen LogP contribution in [-0.4, -0.2) is 13.0 Å². The fourth-order valence-corrected chi connectivity index (χ4v) is 1.51. The molecule has 1 N–H and O–H groups in total. The summed E-state index contributed by atoms with van der Waals surface area (Å²) >= 11 is 1.39. The second kappa shape index (κ2) is 3.75. The number of carbonyl (C=O) groups excluding carboxylic acids is 1. The molecule has 1 amide bonds. The molecule has 0 aliphatic carbocycles. The van der Waals surface area contributed by atoms with E-state index in [1.807, 2.05) is 0 Å². The molecule has 0 aliphatic heterocycles. The van der Waals surface area contributed by atoms with E-state index in [4.69, 9.17) is 5.53 Å². The van der Waals surface area contributed by atoms with Crippen LogP contribution < -0.4 is 5.32 Å². The van der Waals surface area contributed by atoms with Crippen LogP contribution in [0.4, 0.5) is 5.00 Å². The molecule has 0 radical (unpaired) electrons. The summed E-state index contributed by atoms with van der Waals surface area (Å²) in [6, 6.07) is 1.62. The van der Waals surface area contributed by atoms with Crippen LogP contribution in [0.2, 0.25) is 0 Å². The molecule has 0 aromatic carbocycles. The first-order valence-corrected chi connectivity index (χ1v) is 4.02. The summed E-state index contributed by atoms with van der Waals surface area (Å²) in [6.07, 6.45) is 0. The van der Waals surface area contributed by atoms with E-state index in [1.54, 1.807) is 18.5 Å². The largest absolute Gasteiger partial charge is 0.379 e. The molecule has 1 heterocycles. The average molecular weight is 182 g/mol. The highest BCUT2D eigenvalue weighted by atomic mass is 32.1. The van der Waals surface area contributed by atoms with E-state index in [2.05, 4.69) is 15.3 Å². The Morgan fingerprint density at radius 1 is 1.83 bits per heavy atom. The minimum atomic E-state index is -0.553. The van der Waals surface area contributed by atoms with E-state index in [0.717, 1.165) is 0 Å². The Labute approximate surface area is 72.6 Å². The van der Waals surface area contributed by atoms with Crippen LogP contribution in [-0.2, 0) is 0 Å². The van der Waals surface area contributed by atoms with Crippen LogP contribution in [0.3, 0.4) is 0 Å². The lowest BCUT2D eigenvalue weighted by Gasteiger charge is -1.95. The molecular formula is C6H6N4OS. The zero-order valence-corrected chi connectivity index (χ0v) is 7.13. The summed E-state index contributed by atoms with van der Waals surface area (Å²) in [5.41, 5.74) is 8.44. The van der Waals surface area contributed by atoms with Gasteiger partial charge in [-0.1, -0.05) is 0 Å². The monoisotopic (exact) mass is 182 g/mol.